The number of nitrogens with zero attached hydrogens (tertiary/aromatic N) is 1. The molecule has 164 valence electrons. The lowest BCUT2D eigenvalue weighted by Crippen LogP contribution is -2.42. The molecule has 1 saturated carbocycles. The predicted octanol–water partition coefficient (Wildman–Crippen LogP) is 2.51. The summed E-state index contributed by atoms with van der Waals surface area (Å²) in [6.45, 7) is 4.18. The molecule has 4 N–H and O–H groups in total. The topological polar surface area (TPSA) is 103 Å². The van der Waals surface area contributed by atoms with Crippen LogP contribution in [-0.2, 0) is 10.0 Å². The van der Waals surface area contributed by atoms with Gasteiger partial charge in [0, 0.05) is 37.8 Å². The molecule has 1 aliphatic carbocycles. The highest BCUT2D eigenvalue weighted by Crippen LogP contribution is 2.39. The lowest BCUT2D eigenvalue weighted by Gasteiger charge is -2.35. The number of hydrogen-bond acceptors (Lipinski definition) is 4. The maximum absolute atomic E-state index is 12.3. The number of hydrogen-bond donors (Lipinski definition) is 4. The zero-order valence-corrected chi connectivity index (χ0v) is 18.7. The zero-order valence-electron chi connectivity index (χ0n) is 17.1. The smallest absolute Gasteiger partial charge is 0.240 e. The Morgan fingerprint density at radius 2 is 1.97 bits per heavy atom. The van der Waals surface area contributed by atoms with Crippen LogP contribution in [0.15, 0.2) is 34.2 Å². The number of aliphatic hydroxyl groups is 1. The fourth-order valence-electron chi connectivity index (χ4n) is 3.70. The van der Waals surface area contributed by atoms with Crippen LogP contribution in [-0.4, -0.2) is 52.3 Å². The van der Waals surface area contributed by atoms with E-state index in [1.54, 1.807) is 12.1 Å². The molecule has 1 aromatic rings. The van der Waals surface area contributed by atoms with E-state index in [1.807, 2.05) is 6.92 Å². The summed E-state index contributed by atoms with van der Waals surface area (Å²) in [7, 11) is -3.60. The summed E-state index contributed by atoms with van der Waals surface area (Å²) >= 11 is 5.88. The quantitative estimate of drug-likeness (QED) is 0.252. The lowest BCUT2D eigenvalue weighted by molar-refractivity contribution is 0.137. The SMILES string of the molecule is CCNC(=NCC1(CCO)CCCCC1)NCCNS(=O)(=O)c1cccc(Cl)c1. The summed E-state index contributed by atoms with van der Waals surface area (Å²) in [5, 5.41) is 16.2. The van der Waals surface area contributed by atoms with Crippen LogP contribution in [0.2, 0.25) is 5.02 Å². The van der Waals surface area contributed by atoms with E-state index in [2.05, 4.69) is 15.4 Å². The summed E-state index contributed by atoms with van der Waals surface area (Å²) in [5.41, 5.74) is 0.0729. The molecule has 0 aliphatic heterocycles. The average Bonchev–Trinajstić information content (AvgIpc) is 2.70. The van der Waals surface area contributed by atoms with Crippen molar-refractivity contribution < 1.29 is 13.5 Å². The van der Waals surface area contributed by atoms with Crippen molar-refractivity contribution in [3.05, 3.63) is 29.3 Å². The molecule has 0 saturated heterocycles. The molecule has 1 aromatic carbocycles. The largest absolute Gasteiger partial charge is 0.396 e. The van der Waals surface area contributed by atoms with Gasteiger partial charge in [-0.05, 0) is 49.8 Å². The molecular formula is C20H33ClN4O3S. The van der Waals surface area contributed by atoms with Crippen molar-refractivity contribution in [3.8, 4) is 0 Å². The van der Waals surface area contributed by atoms with Crippen LogP contribution in [0.1, 0.15) is 45.4 Å². The Morgan fingerprint density at radius 3 is 2.62 bits per heavy atom. The Morgan fingerprint density at radius 1 is 1.21 bits per heavy atom. The Labute approximate surface area is 179 Å². The van der Waals surface area contributed by atoms with Gasteiger partial charge < -0.3 is 15.7 Å². The van der Waals surface area contributed by atoms with Crippen LogP contribution >= 0.6 is 11.6 Å². The van der Waals surface area contributed by atoms with Crippen LogP contribution in [0.4, 0.5) is 0 Å². The van der Waals surface area contributed by atoms with Crippen molar-refractivity contribution in [1.82, 2.24) is 15.4 Å². The first-order valence-electron chi connectivity index (χ1n) is 10.3. The molecule has 1 aliphatic rings. The number of aliphatic hydroxyl groups excluding tert-OH is 1. The van der Waals surface area contributed by atoms with E-state index in [-0.39, 0.29) is 23.5 Å². The first-order valence-corrected chi connectivity index (χ1v) is 12.2. The van der Waals surface area contributed by atoms with E-state index < -0.39 is 10.0 Å². The summed E-state index contributed by atoms with van der Waals surface area (Å²) in [5.74, 6) is 0.664. The molecule has 0 heterocycles. The third-order valence-electron chi connectivity index (χ3n) is 5.29. The monoisotopic (exact) mass is 444 g/mol. The molecule has 0 atom stereocenters. The van der Waals surface area contributed by atoms with Gasteiger partial charge >= 0.3 is 0 Å². The van der Waals surface area contributed by atoms with Gasteiger partial charge in [0.25, 0.3) is 0 Å². The van der Waals surface area contributed by atoms with Gasteiger partial charge in [-0.3, -0.25) is 4.99 Å². The number of rotatable bonds is 10. The van der Waals surface area contributed by atoms with Gasteiger partial charge in [-0.2, -0.15) is 0 Å². The number of aliphatic imine (C=N–C) groups is 1. The zero-order chi connectivity index (χ0) is 21.2. The molecule has 9 heteroatoms. The van der Waals surface area contributed by atoms with Gasteiger partial charge in [0.2, 0.25) is 10.0 Å². The van der Waals surface area contributed by atoms with Crippen LogP contribution < -0.4 is 15.4 Å². The van der Waals surface area contributed by atoms with Crippen molar-refractivity contribution in [2.45, 2.75) is 50.3 Å². The van der Waals surface area contributed by atoms with E-state index >= 15 is 0 Å². The summed E-state index contributed by atoms with van der Waals surface area (Å²) in [6.07, 6.45) is 6.58. The number of guanidine groups is 1. The second-order valence-corrected chi connectivity index (χ2v) is 9.71. The Bertz CT molecular complexity index is 759. The molecule has 0 radical (unpaired) electrons. The molecule has 0 amide bonds. The van der Waals surface area contributed by atoms with Crippen molar-refractivity contribution in [2.75, 3.05) is 32.8 Å². The van der Waals surface area contributed by atoms with E-state index in [0.717, 1.165) is 19.3 Å². The molecule has 0 bridgehead atoms. The number of halogens is 1. The van der Waals surface area contributed by atoms with Crippen molar-refractivity contribution in [3.63, 3.8) is 0 Å². The molecule has 29 heavy (non-hydrogen) atoms. The van der Waals surface area contributed by atoms with Gasteiger partial charge in [0.15, 0.2) is 5.96 Å². The molecule has 7 nitrogen and oxygen atoms in total. The second-order valence-electron chi connectivity index (χ2n) is 7.51. The second kappa shape index (κ2) is 11.7. The lowest BCUT2D eigenvalue weighted by atomic mass is 9.72. The van der Waals surface area contributed by atoms with Crippen molar-refractivity contribution in [2.24, 2.45) is 10.4 Å². The van der Waals surface area contributed by atoms with E-state index in [4.69, 9.17) is 16.6 Å². The van der Waals surface area contributed by atoms with E-state index in [0.29, 0.717) is 30.6 Å². The first kappa shape index (κ1) is 23.9. The van der Waals surface area contributed by atoms with Gasteiger partial charge in [0.05, 0.1) is 4.90 Å². The van der Waals surface area contributed by atoms with Crippen molar-refractivity contribution >= 4 is 27.6 Å². The Balaban J connectivity index is 1.89. The molecule has 2 rings (SSSR count). The molecule has 0 unspecified atom stereocenters. The van der Waals surface area contributed by atoms with Gasteiger partial charge in [-0.15, -0.1) is 0 Å². The highest BCUT2D eigenvalue weighted by atomic mass is 35.5. The minimum absolute atomic E-state index is 0.0729. The van der Waals surface area contributed by atoms with Crippen LogP contribution in [0.3, 0.4) is 0 Å². The van der Waals surface area contributed by atoms with Crippen LogP contribution in [0.25, 0.3) is 0 Å². The first-order chi connectivity index (χ1) is 13.9. The predicted molar refractivity (Wildman–Crippen MR) is 118 cm³/mol. The third kappa shape index (κ3) is 7.77. The maximum Gasteiger partial charge on any atom is 0.240 e. The average molecular weight is 445 g/mol. The molecule has 0 spiro atoms. The Hall–Kier alpha value is -1.35. The van der Waals surface area contributed by atoms with Crippen LogP contribution in [0.5, 0.6) is 0 Å². The normalized spacial score (nSPS) is 17.1. The summed E-state index contributed by atoms with van der Waals surface area (Å²) < 4.78 is 27.2. The maximum atomic E-state index is 12.3. The van der Waals surface area contributed by atoms with Gasteiger partial charge in [0.1, 0.15) is 0 Å². The van der Waals surface area contributed by atoms with E-state index in [9.17, 15) is 13.5 Å². The molecular weight excluding hydrogens is 412 g/mol. The summed E-state index contributed by atoms with van der Waals surface area (Å²) in [4.78, 5) is 4.87. The van der Waals surface area contributed by atoms with Crippen LogP contribution in [0, 0.1) is 5.41 Å². The minimum Gasteiger partial charge on any atom is -0.396 e. The fraction of sp³-hybridized carbons (Fsp3) is 0.650. The van der Waals surface area contributed by atoms with E-state index in [1.165, 1.54) is 31.4 Å². The number of sulfonamides is 1. The summed E-state index contributed by atoms with van der Waals surface area (Å²) in [6, 6.07) is 6.18. The molecule has 0 aromatic heterocycles. The fourth-order valence-corrected chi connectivity index (χ4v) is 5.03. The van der Waals surface area contributed by atoms with Gasteiger partial charge in [-0.25, -0.2) is 13.1 Å². The van der Waals surface area contributed by atoms with Crippen molar-refractivity contribution in [1.29, 1.82) is 0 Å². The number of benzene rings is 1. The minimum atomic E-state index is -3.60. The highest BCUT2D eigenvalue weighted by molar-refractivity contribution is 7.89. The van der Waals surface area contributed by atoms with Gasteiger partial charge in [-0.1, -0.05) is 36.9 Å². The Kier molecular flexibility index (Phi) is 9.68. The number of nitrogens with one attached hydrogen (secondary N) is 3. The molecule has 1 fully saturated rings. The third-order valence-corrected chi connectivity index (χ3v) is 6.98. The standard InChI is InChI=1S/C20H33ClN4O3S/c1-2-22-19(24-16-20(11-14-26)9-4-3-5-10-20)23-12-13-25-29(27,28)18-8-6-7-17(21)15-18/h6-8,15,25-26H,2-5,9-14,16H2,1H3,(H2,22,23,24). The highest BCUT2D eigenvalue weighted by Gasteiger charge is 2.31.